The van der Waals surface area contributed by atoms with E-state index in [1.165, 1.54) is 10.5 Å². The Hall–Kier alpha value is -4.21. The van der Waals surface area contributed by atoms with Crippen molar-refractivity contribution in [3.63, 3.8) is 0 Å². The van der Waals surface area contributed by atoms with Gasteiger partial charge in [0.1, 0.15) is 5.75 Å². The molecule has 0 radical (unpaired) electrons. The largest absolute Gasteiger partial charge is 0.490 e. The van der Waals surface area contributed by atoms with E-state index in [-0.39, 0.29) is 30.0 Å². The Balaban J connectivity index is 1.62. The summed E-state index contributed by atoms with van der Waals surface area (Å²) in [6.07, 6.45) is 0.984. The maximum absolute atomic E-state index is 14.4. The SMILES string of the molecule is CCC(C)(C)c1ccc(OC(C)CCNC2C(=O)N(C(Cl)(C(=O)Nc3ccccc3)C(=O)C(C)(C)C)C(=O)N2Cc2ccccc2)c(C(C)(C)CC)c1. The number of urea groups is 1. The summed E-state index contributed by atoms with van der Waals surface area (Å²) >= 11 is 7.04. The maximum atomic E-state index is 14.4. The average molecular weight is 745 g/mol. The van der Waals surface area contributed by atoms with E-state index >= 15 is 0 Å². The molecule has 3 atom stereocenters. The molecule has 0 aromatic heterocycles. The van der Waals surface area contributed by atoms with Gasteiger partial charge in [-0.1, -0.05) is 135 Å². The predicted octanol–water partition coefficient (Wildman–Crippen LogP) is 8.79. The van der Waals surface area contributed by atoms with Gasteiger partial charge in [-0.15, -0.1) is 0 Å². The number of para-hydroxylation sites is 1. The van der Waals surface area contributed by atoms with Crippen LogP contribution in [0.5, 0.6) is 5.75 Å². The standard InChI is InChI=1S/C43H57ClN4O5/c1-11-41(7,8)31-23-24-34(33(27-31)42(9,10)12-2)53-29(3)25-26-45-35-36(49)48(39(52)47(35)28-30-19-15-13-16-20-30)43(44,37(50)40(4,5)6)38(51)46-32-21-17-14-18-22-32/h13-24,27,29,35,45H,11-12,25-26,28H2,1-10H3,(H,46,51). The van der Waals surface area contributed by atoms with Crippen LogP contribution in [0.2, 0.25) is 0 Å². The summed E-state index contributed by atoms with van der Waals surface area (Å²) in [5.74, 6) is -1.76. The molecule has 3 aromatic carbocycles. The number of alkyl halides is 1. The van der Waals surface area contributed by atoms with Crippen molar-refractivity contribution >= 4 is 40.9 Å². The van der Waals surface area contributed by atoms with Crippen LogP contribution in [0.4, 0.5) is 10.5 Å². The fourth-order valence-electron chi connectivity index (χ4n) is 6.22. The molecule has 286 valence electrons. The Labute approximate surface area is 320 Å². The topological polar surface area (TPSA) is 108 Å². The van der Waals surface area contributed by atoms with Gasteiger partial charge in [-0.3, -0.25) is 24.6 Å². The average Bonchev–Trinajstić information content (AvgIpc) is 3.35. The zero-order valence-electron chi connectivity index (χ0n) is 33.0. The summed E-state index contributed by atoms with van der Waals surface area (Å²) in [5.41, 5.74) is 2.26. The highest BCUT2D eigenvalue weighted by atomic mass is 35.5. The quantitative estimate of drug-likeness (QED) is 0.0657. The van der Waals surface area contributed by atoms with Gasteiger partial charge in [0, 0.05) is 29.8 Å². The lowest BCUT2D eigenvalue weighted by Gasteiger charge is -2.36. The minimum Gasteiger partial charge on any atom is -0.490 e. The lowest BCUT2D eigenvalue weighted by molar-refractivity contribution is -0.146. The number of hydrogen-bond acceptors (Lipinski definition) is 6. The molecular formula is C43H57ClN4O5. The van der Waals surface area contributed by atoms with Crippen LogP contribution in [-0.2, 0) is 31.8 Å². The fraction of sp³-hybridized carbons (Fsp3) is 0.488. The first-order valence-corrected chi connectivity index (χ1v) is 19.0. The van der Waals surface area contributed by atoms with Gasteiger partial charge in [-0.2, -0.15) is 0 Å². The Bertz CT molecular complexity index is 1770. The summed E-state index contributed by atoms with van der Waals surface area (Å²) < 4.78 is 6.57. The number of carbonyl (C=O) groups excluding carboxylic acids is 4. The number of rotatable bonds is 16. The molecule has 1 aliphatic heterocycles. The van der Waals surface area contributed by atoms with E-state index in [4.69, 9.17) is 16.3 Å². The monoisotopic (exact) mass is 744 g/mol. The van der Waals surface area contributed by atoms with Gasteiger partial charge >= 0.3 is 6.03 Å². The van der Waals surface area contributed by atoms with Crippen molar-refractivity contribution in [2.24, 2.45) is 5.41 Å². The van der Waals surface area contributed by atoms with Gasteiger partial charge in [0.25, 0.3) is 16.8 Å². The van der Waals surface area contributed by atoms with Crippen LogP contribution < -0.4 is 15.4 Å². The number of benzene rings is 3. The van der Waals surface area contributed by atoms with Crippen molar-refractivity contribution in [2.75, 3.05) is 11.9 Å². The lowest BCUT2D eigenvalue weighted by atomic mass is 9.76. The van der Waals surface area contributed by atoms with Crippen LogP contribution in [0, 0.1) is 5.41 Å². The molecule has 4 amide bonds. The maximum Gasteiger partial charge on any atom is 0.331 e. The summed E-state index contributed by atoms with van der Waals surface area (Å²) in [7, 11) is 0. The van der Waals surface area contributed by atoms with E-state index in [0.717, 1.165) is 29.7 Å². The normalized spacial score (nSPS) is 17.1. The molecular weight excluding hydrogens is 688 g/mol. The fourth-order valence-corrected chi connectivity index (χ4v) is 6.71. The van der Waals surface area contributed by atoms with E-state index in [1.54, 1.807) is 51.1 Å². The third kappa shape index (κ3) is 9.13. The van der Waals surface area contributed by atoms with Gasteiger partial charge in [0.15, 0.2) is 11.9 Å². The summed E-state index contributed by atoms with van der Waals surface area (Å²) in [4.78, 5) is 56.1. The summed E-state index contributed by atoms with van der Waals surface area (Å²) in [6, 6.07) is 23.3. The van der Waals surface area contributed by atoms with Crippen LogP contribution in [0.25, 0.3) is 0 Å². The van der Waals surface area contributed by atoms with Crippen LogP contribution in [0.15, 0.2) is 78.9 Å². The molecule has 9 nitrogen and oxygen atoms in total. The molecule has 53 heavy (non-hydrogen) atoms. The zero-order chi connectivity index (χ0) is 39.4. The summed E-state index contributed by atoms with van der Waals surface area (Å²) in [5, 5.41) is 5.90. The Morgan fingerprint density at radius 2 is 1.43 bits per heavy atom. The number of amides is 4. The van der Waals surface area contributed by atoms with Gasteiger partial charge < -0.3 is 10.1 Å². The number of carbonyl (C=O) groups is 4. The number of Topliss-reactive ketones (excluding diaryl/α,β-unsaturated/α-hetero) is 1. The van der Waals surface area contributed by atoms with E-state index in [0.29, 0.717) is 17.0 Å². The van der Waals surface area contributed by atoms with Crippen LogP contribution >= 0.6 is 11.6 Å². The van der Waals surface area contributed by atoms with Crippen molar-refractivity contribution in [1.29, 1.82) is 0 Å². The van der Waals surface area contributed by atoms with Gasteiger partial charge in [0.05, 0.1) is 6.10 Å². The Kier molecular flexibility index (Phi) is 12.9. The number of halogens is 1. The van der Waals surface area contributed by atoms with Crippen LogP contribution in [0.3, 0.4) is 0 Å². The van der Waals surface area contributed by atoms with Crippen molar-refractivity contribution in [1.82, 2.24) is 15.1 Å². The molecule has 0 aliphatic carbocycles. The first kappa shape index (κ1) is 41.5. The highest BCUT2D eigenvalue weighted by molar-refractivity contribution is 6.50. The molecule has 0 bridgehead atoms. The Morgan fingerprint density at radius 3 is 2.00 bits per heavy atom. The highest BCUT2D eigenvalue weighted by Gasteiger charge is 2.62. The first-order valence-electron chi connectivity index (χ1n) is 18.6. The minimum atomic E-state index is -2.66. The number of anilines is 1. The number of nitrogens with one attached hydrogen (secondary N) is 2. The molecule has 10 heteroatoms. The number of ether oxygens (including phenoxy) is 1. The third-order valence-electron chi connectivity index (χ3n) is 10.5. The molecule has 1 saturated heterocycles. The minimum absolute atomic E-state index is 0.0255. The van der Waals surface area contributed by atoms with Crippen molar-refractivity contribution < 1.29 is 23.9 Å². The van der Waals surface area contributed by atoms with Crippen molar-refractivity contribution in [2.45, 2.75) is 123 Å². The third-order valence-corrected chi connectivity index (χ3v) is 11.0. The molecule has 2 N–H and O–H groups in total. The number of nitrogens with zero attached hydrogens (tertiary/aromatic N) is 2. The predicted molar refractivity (Wildman–Crippen MR) is 212 cm³/mol. The second-order valence-electron chi connectivity index (χ2n) is 16.4. The van der Waals surface area contributed by atoms with Crippen LogP contribution in [0.1, 0.15) is 105 Å². The van der Waals surface area contributed by atoms with E-state index in [1.807, 2.05) is 37.3 Å². The number of ketones is 1. The second kappa shape index (κ2) is 16.4. The first-order chi connectivity index (χ1) is 24.8. The second-order valence-corrected chi connectivity index (χ2v) is 16.9. The van der Waals surface area contributed by atoms with Gasteiger partial charge in [-0.05, 0) is 66.3 Å². The molecule has 4 rings (SSSR count). The van der Waals surface area contributed by atoms with E-state index < -0.39 is 40.2 Å². The van der Waals surface area contributed by atoms with Gasteiger partial charge in [-0.25, -0.2) is 9.69 Å². The molecule has 1 aliphatic rings. The number of imide groups is 1. The molecule has 3 aromatic rings. The lowest BCUT2D eigenvalue weighted by Crippen LogP contribution is -2.63. The summed E-state index contributed by atoms with van der Waals surface area (Å²) in [6.45, 7) is 20.4. The van der Waals surface area contributed by atoms with E-state index in [9.17, 15) is 19.2 Å². The molecule has 0 saturated carbocycles. The van der Waals surface area contributed by atoms with Crippen LogP contribution in [-0.4, -0.2) is 57.2 Å². The van der Waals surface area contributed by atoms with Gasteiger partial charge in [0.2, 0.25) is 0 Å². The van der Waals surface area contributed by atoms with Crippen molar-refractivity contribution in [3.8, 4) is 5.75 Å². The van der Waals surface area contributed by atoms with E-state index in [2.05, 4.69) is 70.4 Å². The van der Waals surface area contributed by atoms with Crippen molar-refractivity contribution in [3.05, 3.63) is 95.6 Å². The zero-order valence-corrected chi connectivity index (χ0v) is 33.8. The molecule has 1 heterocycles. The Morgan fingerprint density at radius 1 is 0.849 bits per heavy atom. The molecule has 0 spiro atoms. The number of hydrogen-bond donors (Lipinski definition) is 2. The molecule has 3 unspecified atom stereocenters. The highest BCUT2D eigenvalue weighted by Crippen LogP contribution is 2.40. The smallest absolute Gasteiger partial charge is 0.331 e. The molecule has 1 fully saturated rings.